The number of hydrogen-bond acceptors (Lipinski definition) is 5. The summed E-state index contributed by atoms with van der Waals surface area (Å²) in [6, 6.07) is 26.3. The molecular formula is C33H24N6O. The number of nitrogens with zero attached hydrogens (tertiary/aromatic N) is 4. The van der Waals surface area contributed by atoms with E-state index in [9.17, 15) is 10.5 Å². The van der Waals surface area contributed by atoms with Gasteiger partial charge in [0.25, 0.3) is 0 Å². The summed E-state index contributed by atoms with van der Waals surface area (Å²) in [5.74, 6) is 0.673. The highest BCUT2D eigenvalue weighted by Crippen LogP contribution is 2.49. The molecule has 0 amide bonds. The molecule has 0 fully saturated rings. The maximum atomic E-state index is 11.3. The van der Waals surface area contributed by atoms with Crippen LogP contribution < -0.4 is 4.74 Å². The average Bonchev–Trinajstić information content (AvgIpc) is 3.64. The van der Waals surface area contributed by atoms with Gasteiger partial charge in [-0.25, -0.2) is 0 Å². The van der Waals surface area contributed by atoms with Crippen LogP contribution in [0.4, 0.5) is 0 Å². The minimum Gasteiger partial charge on any atom is -0.497 e. The van der Waals surface area contributed by atoms with Gasteiger partial charge in [0.05, 0.1) is 18.8 Å². The second-order valence-electron chi connectivity index (χ2n) is 9.52. The summed E-state index contributed by atoms with van der Waals surface area (Å²) >= 11 is 0. The molecule has 6 rings (SSSR count). The number of rotatable bonds is 7. The van der Waals surface area contributed by atoms with E-state index in [0.29, 0.717) is 22.5 Å². The molecule has 1 unspecified atom stereocenters. The second-order valence-corrected chi connectivity index (χ2v) is 9.52. The van der Waals surface area contributed by atoms with Gasteiger partial charge < -0.3 is 14.7 Å². The van der Waals surface area contributed by atoms with Gasteiger partial charge in [-0.05, 0) is 42.0 Å². The second kappa shape index (κ2) is 10.2. The standard InChI is InChI=1S/C33H24N6O/c1-40-24-10-11-31-26(14-24)29(20-39-31)33(21-35,15-22-6-4-12-36-17-22)32(27(16-34)23-7-5-13-37-18-23)28-19-38-30-9-3-2-8-25(28)30/h2-14,17-20,38-39H,15H2,1H3/b32-27+. The van der Waals surface area contributed by atoms with Gasteiger partial charge in [0, 0.05) is 87.7 Å². The van der Waals surface area contributed by atoms with Crippen molar-refractivity contribution in [3.05, 3.63) is 126 Å². The Morgan fingerprint density at radius 1 is 0.875 bits per heavy atom. The number of para-hydroxylation sites is 1. The Bertz CT molecular complexity index is 1940. The maximum absolute atomic E-state index is 11.3. The van der Waals surface area contributed by atoms with E-state index < -0.39 is 5.41 Å². The van der Waals surface area contributed by atoms with Crippen molar-refractivity contribution < 1.29 is 4.74 Å². The fraction of sp³-hybridized carbons (Fsp3) is 0.0909. The van der Waals surface area contributed by atoms with E-state index in [1.165, 1.54) is 0 Å². The zero-order valence-corrected chi connectivity index (χ0v) is 21.7. The molecule has 0 aliphatic carbocycles. The minimum atomic E-state index is -1.31. The highest BCUT2D eigenvalue weighted by molar-refractivity contribution is 6.09. The van der Waals surface area contributed by atoms with Gasteiger partial charge in [-0.1, -0.05) is 30.3 Å². The molecule has 7 heteroatoms. The highest BCUT2D eigenvalue weighted by atomic mass is 16.5. The van der Waals surface area contributed by atoms with Gasteiger partial charge in [0.15, 0.2) is 0 Å². The third-order valence-electron chi connectivity index (χ3n) is 7.33. The Morgan fingerprint density at radius 2 is 1.65 bits per heavy atom. The van der Waals surface area contributed by atoms with Crippen LogP contribution in [0.25, 0.3) is 33.0 Å². The molecule has 0 aliphatic heterocycles. The average molecular weight is 521 g/mol. The lowest BCUT2D eigenvalue weighted by Gasteiger charge is -2.31. The predicted molar refractivity (Wildman–Crippen MR) is 155 cm³/mol. The van der Waals surface area contributed by atoms with Crippen molar-refractivity contribution >= 4 is 33.0 Å². The Morgan fingerprint density at radius 3 is 2.38 bits per heavy atom. The molecule has 2 N–H and O–H groups in total. The monoisotopic (exact) mass is 520 g/mol. The van der Waals surface area contributed by atoms with Crippen molar-refractivity contribution in [2.75, 3.05) is 7.11 Å². The SMILES string of the molecule is COc1ccc2[nH]cc(C(C#N)(Cc3cccnc3)/C(=C(\C#N)c3cccnc3)c3c[nH]c4ccccc34)c2c1. The molecule has 7 nitrogen and oxygen atoms in total. The van der Waals surface area contributed by atoms with Crippen LogP contribution in [0.3, 0.4) is 0 Å². The van der Waals surface area contributed by atoms with Crippen molar-refractivity contribution in [2.45, 2.75) is 11.8 Å². The van der Waals surface area contributed by atoms with E-state index in [4.69, 9.17) is 4.74 Å². The number of ether oxygens (including phenoxy) is 1. The smallest absolute Gasteiger partial charge is 0.119 e. The fourth-order valence-electron chi connectivity index (χ4n) is 5.49. The van der Waals surface area contributed by atoms with Crippen LogP contribution in [-0.4, -0.2) is 27.0 Å². The lowest BCUT2D eigenvalue weighted by molar-refractivity contribution is 0.415. The molecule has 2 aromatic carbocycles. The molecule has 0 spiro atoms. The van der Waals surface area contributed by atoms with Crippen molar-refractivity contribution in [3.8, 4) is 17.9 Å². The van der Waals surface area contributed by atoms with Gasteiger partial charge in [0.2, 0.25) is 0 Å². The summed E-state index contributed by atoms with van der Waals surface area (Å²) in [5, 5.41) is 23.8. The van der Waals surface area contributed by atoms with Crippen molar-refractivity contribution in [3.63, 3.8) is 0 Å². The van der Waals surface area contributed by atoms with E-state index in [-0.39, 0.29) is 6.42 Å². The Kier molecular flexibility index (Phi) is 6.32. The zero-order chi connectivity index (χ0) is 27.5. The molecule has 40 heavy (non-hydrogen) atoms. The van der Waals surface area contributed by atoms with E-state index >= 15 is 0 Å². The number of H-pyrrole nitrogens is 2. The number of pyridine rings is 2. The first kappa shape index (κ1) is 24.7. The number of methoxy groups -OCH3 is 1. The lowest BCUT2D eigenvalue weighted by Crippen LogP contribution is -2.30. The van der Waals surface area contributed by atoms with Gasteiger partial charge in [-0.2, -0.15) is 10.5 Å². The molecule has 192 valence electrons. The summed E-state index contributed by atoms with van der Waals surface area (Å²) in [4.78, 5) is 15.3. The molecule has 0 radical (unpaired) electrons. The van der Waals surface area contributed by atoms with E-state index in [1.807, 2.05) is 73.1 Å². The molecule has 4 aromatic heterocycles. The molecule has 4 heterocycles. The van der Waals surface area contributed by atoms with E-state index in [0.717, 1.165) is 38.5 Å². The third kappa shape index (κ3) is 4.07. The highest BCUT2D eigenvalue weighted by Gasteiger charge is 2.43. The molecule has 0 saturated heterocycles. The summed E-state index contributed by atoms with van der Waals surface area (Å²) in [6.07, 6.45) is 10.9. The summed E-state index contributed by atoms with van der Waals surface area (Å²) in [5.41, 5.74) is 4.45. The number of fused-ring (bicyclic) bond motifs is 2. The number of aromatic amines is 2. The predicted octanol–water partition coefficient (Wildman–Crippen LogP) is 6.59. The first-order valence-corrected chi connectivity index (χ1v) is 12.8. The topological polar surface area (TPSA) is 114 Å². The number of nitriles is 2. The fourth-order valence-corrected chi connectivity index (χ4v) is 5.49. The maximum Gasteiger partial charge on any atom is 0.119 e. The van der Waals surface area contributed by atoms with Crippen LogP contribution in [0.15, 0.2) is 104 Å². The van der Waals surface area contributed by atoms with Crippen LogP contribution in [0.2, 0.25) is 0 Å². The van der Waals surface area contributed by atoms with Crippen LogP contribution in [0, 0.1) is 22.7 Å². The number of allylic oxidation sites excluding steroid dienone is 2. The Hall–Kier alpha value is -5.66. The zero-order valence-electron chi connectivity index (χ0n) is 21.7. The molecule has 0 saturated carbocycles. The normalized spacial score (nSPS) is 13.3. The number of nitrogens with one attached hydrogen (secondary N) is 2. The molecule has 0 aliphatic rings. The van der Waals surface area contributed by atoms with Crippen LogP contribution in [0.1, 0.15) is 22.3 Å². The van der Waals surface area contributed by atoms with Crippen molar-refractivity contribution in [1.29, 1.82) is 10.5 Å². The largest absolute Gasteiger partial charge is 0.497 e. The van der Waals surface area contributed by atoms with Gasteiger partial charge in [0.1, 0.15) is 17.2 Å². The van der Waals surface area contributed by atoms with Gasteiger partial charge in [-0.3, -0.25) is 9.97 Å². The van der Waals surface area contributed by atoms with Crippen LogP contribution in [-0.2, 0) is 11.8 Å². The molecule has 0 bridgehead atoms. The van der Waals surface area contributed by atoms with Crippen LogP contribution in [0.5, 0.6) is 5.75 Å². The van der Waals surface area contributed by atoms with Crippen molar-refractivity contribution in [1.82, 2.24) is 19.9 Å². The van der Waals surface area contributed by atoms with E-state index in [1.54, 1.807) is 38.0 Å². The number of hydrogen-bond donors (Lipinski definition) is 2. The first-order chi connectivity index (χ1) is 19.7. The molecule has 1 atom stereocenters. The Balaban J connectivity index is 1.78. The lowest BCUT2D eigenvalue weighted by atomic mass is 9.67. The van der Waals surface area contributed by atoms with E-state index in [2.05, 4.69) is 32.1 Å². The van der Waals surface area contributed by atoms with Crippen molar-refractivity contribution in [2.24, 2.45) is 0 Å². The number of aromatic nitrogens is 4. The third-order valence-corrected chi connectivity index (χ3v) is 7.33. The Labute approximate surface area is 231 Å². The van der Waals surface area contributed by atoms with Gasteiger partial charge in [-0.15, -0.1) is 0 Å². The van der Waals surface area contributed by atoms with Gasteiger partial charge >= 0.3 is 0 Å². The summed E-state index contributed by atoms with van der Waals surface area (Å²) in [6.45, 7) is 0. The number of benzene rings is 2. The summed E-state index contributed by atoms with van der Waals surface area (Å²) < 4.78 is 5.56. The van der Waals surface area contributed by atoms with Crippen LogP contribution >= 0.6 is 0 Å². The molecule has 6 aromatic rings. The first-order valence-electron chi connectivity index (χ1n) is 12.8. The molecular weight excluding hydrogens is 496 g/mol. The quantitative estimate of drug-likeness (QED) is 0.231. The summed E-state index contributed by atoms with van der Waals surface area (Å²) in [7, 11) is 1.62. The minimum absolute atomic E-state index is 0.280.